The van der Waals surface area contributed by atoms with Gasteiger partial charge in [-0.05, 0) is 17.5 Å². The second-order valence-corrected chi connectivity index (χ2v) is 5.89. The molecule has 0 radical (unpaired) electrons. The number of carbonyl (C=O) groups is 1. The standard InChI is InChI=1S/C15H25N3O/c1-15(2,3)13(16)14(19)17-10-11-18(4)12-8-6-5-7-9-12/h5-9,13H,10-11,16H2,1-4H3,(H,17,19)/t13-/m1/s1. The molecule has 1 atom stereocenters. The van der Waals surface area contributed by atoms with Gasteiger partial charge in [0.05, 0.1) is 6.04 Å². The van der Waals surface area contributed by atoms with Crippen LogP contribution in [0.15, 0.2) is 30.3 Å². The molecule has 0 aliphatic carbocycles. The number of likely N-dealkylation sites (N-methyl/N-ethyl adjacent to an activating group) is 1. The Labute approximate surface area is 116 Å². The van der Waals surface area contributed by atoms with Crippen molar-refractivity contribution in [2.75, 3.05) is 25.0 Å². The summed E-state index contributed by atoms with van der Waals surface area (Å²) < 4.78 is 0. The maximum Gasteiger partial charge on any atom is 0.237 e. The molecule has 106 valence electrons. The molecule has 4 heteroatoms. The highest BCUT2D eigenvalue weighted by Crippen LogP contribution is 2.17. The van der Waals surface area contributed by atoms with Gasteiger partial charge in [-0.1, -0.05) is 39.0 Å². The zero-order valence-corrected chi connectivity index (χ0v) is 12.3. The summed E-state index contributed by atoms with van der Waals surface area (Å²) in [6.07, 6.45) is 0. The van der Waals surface area contributed by atoms with Gasteiger partial charge in [-0.25, -0.2) is 0 Å². The molecule has 1 rings (SSSR count). The van der Waals surface area contributed by atoms with E-state index in [2.05, 4.69) is 10.2 Å². The first-order chi connectivity index (χ1) is 8.82. The number of hydrogen-bond donors (Lipinski definition) is 2. The molecule has 0 aliphatic rings. The van der Waals surface area contributed by atoms with Crippen LogP contribution in [0.1, 0.15) is 20.8 Å². The predicted molar refractivity (Wildman–Crippen MR) is 80.2 cm³/mol. The topological polar surface area (TPSA) is 58.4 Å². The first-order valence-electron chi connectivity index (χ1n) is 6.62. The fourth-order valence-corrected chi connectivity index (χ4v) is 1.66. The van der Waals surface area contributed by atoms with Gasteiger partial charge in [0.1, 0.15) is 0 Å². The van der Waals surface area contributed by atoms with E-state index >= 15 is 0 Å². The van der Waals surface area contributed by atoms with Gasteiger partial charge in [-0.15, -0.1) is 0 Å². The third kappa shape index (κ3) is 4.91. The Morgan fingerprint density at radius 3 is 2.42 bits per heavy atom. The molecule has 0 saturated carbocycles. The third-order valence-corrected chi connectivity index (χ3v) is 3.16. The Balaban J connectivity index is 2.37. The molecule has 1 aromatic carbocycles. The van der Waals surface area contributed by atoms with Crippen molar-refractivity contribution < 1.29 is 4.79 Å². The van der Waals surface area contributed by atoms with Crippen LogP contribution >= 0.6 is 0 Å². The lowest BCUT2D eigenvalue weighted by molar-refractivity contribution is -0.124. The smallest absolute Gasteiger partial charge is 0.237 e. The van der Waals surface area contributed by atoms with Gasteiger partial charge < -0.3 is 16.0 Å². The average molecular weight is 263 g/mol. The molecule has 0 heterocycles. The number of rotatable bonds is 5. The fourth-order valence-electron chi connectivity index (χ4n) is 1.66. The van der Waals surface area contributed by atoms with E-state index in [1.54, 1.807) is 0 Å². The number of benzene rings is 1. The minimum absolute atomic E-state index is 0.0889. The second kappa shape index (κ2) is 6.57. The minimum Gasteiger partial charge on any atom is -0.373 e. The largest absolute Gasteiger partial charge is 0.373 e. The molecule has 0 aromatic heterocycles. The predicted octanol–water partition coefficient (Wildman–Crippen LogP) is 1.61. The van der Waals surface area contributed by atoms with Crippen molar-refractivity contribution in [3.05, 3.63) is 30.3 Å². The minimum atomic E-state index is -0.477. The Morgan fingerprint density at radius 1 is 1.32 bits per heavy atom. The maximum atomic E-state index is 11.9. The lowest BCUT2D eigenvalue weighted by atomic mass is 9.87. The van der Waals surface area contributed by atoms with E-state index in [1.807, 2.05) is 58.2 Å². The van der Waals surface area contributed by atoms with Crippen LogP contribution in [0.4, 0.5) is 5.69 Å². The first-order valence-corrected chi connectivity index (χ1v) is 6.62. The number of anilines is 1. The zero-order valence-electron chi connectivity index (χ0n) is 12.3. The zero-order chi connectivity index (χ0) is 14.5. The highest BCUT2D eigenvalue weighted by molar-refractivity contribution is 5.82. The number of hydrogen-bond acceptors (Lipinski definition) is 3. The number of nitrogens with two attached hydrogens (primary N) is 1. The van der Waals surface area contributed by atoms with Crippen LogP contribution in [0, 0.1) is 5.41 Å². The van der Waals surface area contributed by atoms with Crippen LogP contribution in [0.5, 0.6) is 0 Å². The van der Waals surface area contributed by atoms with Crippen LogP contribution in [0.3, 0.4) is 0 Å². The molecule has 1 amide bonds. The van der Waals surface area contributed by atoms with Gasteiger partial charge in [0.2, 0.25) is 5.91 Å². The lowest BCUT2D eigenvalue weighted by Crippen LogP contribution is -2.49. The quantitative estimate of drug-likeness (QED) is 0.848. The van der Waals surface area contributed by atoms with Crippen LogP contribution in [-0.2, 0) is 4.79 Å². The maximum absolute atomic E-state index is 11.9. The SMILES string of the molecule is CN(CCNC(=O)[C@@H](N)C(C)(C)C)c1ccccc1. The van der Waals surface area contributed by atoms with E-state index in [1.165, 1.54) is 0 Å². The van der Waals surface area contributed by atoms with Crippen molar-refractivity contribution in [1.29, 1.82) is 0 Å². The van der Waals surface area contributed by atoms with Gasteiger partial charge in [0.25, 0.3) is 0 Å². The highest BCUT2D eigenvalue weighted by atomic mass is 16.2. The Bertz CT molecular complexity index is 398. The number of nitrogens with one attached hydrogen (secondary N) is 1. The van der Waals surface area contributed by atoms with Crippen molar-refractivity contribution in [2.45, 2.75) is 26.8 Å². The molecule has 1 aromatic rings. The summed E-state index contributed by atoms with van der Waals surface area (Å²) in [6.45, 7) is 7.24. The summed E-state index contributed by atoms with van der Waals surface area (Å²) in [5, 5.41) is 2.88. The number of carbonyl (C=O) groups excluding carboxylic acids is 1. The van der Waals surface area contributed by atoms with Crippen molar-refractivity contribution >= 4 is 11.6 Å². The molecular weight excluding hydrogens is 238 g/mol. The van der Waals surface area contributed by atoms with Gasteiger partial charge in [-0.3, -0.25) is 4.79 Å². The van der Waals surface area contributed by atoms with Crippen LogP contribution < -0.4 is 16.0 Å². The number of nitrogens with zero attached hydrogens (tertiary/aromatic N) is 1. The van der Waals surface area contributed by atoms with Crippen LogP contribution in [0.2, 0.25) is 0 Å². The summed E-state index contributed by atoms with van der Waals surface area (Å²) in [5.74, 6) is -0.0889. The monoisotopic (exact) mass is 263 g/mol. The molecular formula is C15H25N3O. The van der Waals surface area contributed by atoms with E-state index in [0.29, 0.717) is 6.54 Å². The summed E-state index contributed by atoms with van der Waals surface area (Å²) in [4.78, 5) is 14.0. The van der Waals surface area contributed by atoms with E-state index in [-0.39, 0.29) is 11.3 Å². The summed E-state index contributed by atoms with van der Waals surface area (Å²) in [6, 6.07) is 9.60. The summed E-state index contributed by atoms with van der Waals surface area (Å²) in [7, 11) is 2.01. The van der Waals surface area contributed by atoms with Gasteiger partial charge in [0.15, 0.2) is 0 Å². The molecule has 0 bridgehead atoms. The van der Waals surface area contributed by atoms with Crippen LogP contribution in [-0.4, -0.2) is 32.1 Å². The lowest BCUT2D eigenvalue weighted by Gasteiger charge is -2.26. The first kappa shape index (κ1) is 15.5. The highest BCUT2D eigenvalue weighted by Gasteiger charge is 2.26. The van der Waals surface area contributed by atoms with Crippen molar-refractivity contribution in [2.24, 2.45) is 11.1 Å². The Hall–Kier alpha value is -1.55. The normalized spacial score (nSPS) is 12.9. The van der Waals surface area contributed by atoms with Crippen molar-refractivity contribution in [3.63, 3.8) is 0 Å². The van der Waals surface area contributed by atoms with E-state index in [0.717, 1.165) is 12.2 Å². The molecule has 0 unspecified atom stereocenters. The molecule has 3 N–H and O–H groups in total. The van der Waals surface area contributed by atoms with Crippen LogP contribution in [0.25, 0.3) is 0 Å². The molecule has 0 spiro atoms. The average Bonchev–Trinajstić information content (AvgIpc) is 2.37. The molecule has 19 heavy (non-hydrogen) atoms. The molecule has 0 saturated heterocycles. The number of amides is 1. The Morgan fingerprint density at radius 2 is 1.89 bits per heavy atom. The van der Waals surface area contributed by atoms with E-state index in [4.69, 9.17) is 5.73 Å². The second-order valence-electron chi connectivity index (χ2n) is 5.89. The van der Waals surface area contributed by atoms with Gasteiger partial charge in [-0.2, -0.15) is 0 Å². The van der Waals surface area contributed by atoms with E-state index in [9.17, 15) is 4.79 Å². The molecule has 0 aliphatic heterocycles. The third-order valence-electron chi connectivity index (χ3n) is 3.16. The van der Waals surface area contributed by atoms with Gasteiger partial charge in [0, 0.05) is 25.8 Å². The number of para-hydroxylation sites is 1. The summed E-state index contributed by atoms with van der Waals surface area (Å²) >= 11 is 0. The van der Waals surface area contributed by atoms with Gasteiger partial charge >= 0.3 is 0 Å². The molecule has 4 nitrogen and oxygen atoms in total. The fraction of sp³-hybridized carbons (Fsp3) is 0.533. The summed E-state index contributed by atoms with van der Waals surface area (Å²) in [5.41, 5.74) is 6.82. The molecule has 0 fully saturated rings. The Kier molecular flexibility index (Phi) is 5.36. The van der Waals surface area contributed by atoms with Crippen molar-refractivity contribution in [3.8, 4) is 0 Å². The van der Waals surface area contributed by atoms with Crippen molar-refractivity contribution in [1.82, 2.24) is 5.32 Å². The van der Waals surface area contributed by atoms with E-state index < -0.39 is 6.04 Å².